The molecule has 3 nitrogen and oxygen atoms in total. The van der Waals surface area contributed by atoms with Gasteiger partial charge in [-0.3, -0.25) is 0 Å². The van der Waals surface area contributed by atoms with Gasteiger partial charge >= 0.3 is 0 Å². The fourth-order valence-corrected chi connectivity index (χ4v) is 3.95. The van der Waals surface area contributed by atoms with E-state index in [-0.39, 0.29) is 0 Å². The topological polar surface area (TPSA) is 24.5 Å². The van der Waals surface area contributed by atoms with Gasteiger partial charge in [0.1, 0.15) is 5.75 Å². The smallest absolute Gasteiger partial charge is 0.139 e. The third-order valence-corrected chi connectivity index (χ3v) is 5.22. The Morgan fingerprint density at radius 1 is 1.19 bits per heavy atom. The van der Waals surface area contributed by atoms with Gasteiger partial charge in [-0.15, -0.1) is 0 Å². The number of nitrogens with one attached hydrogen (secondary N) is 1. The zero-order valence-corrected chi connectivity index (χ0v) is 13.6. The van der Waals surface area contributed by atoms with Crippen LogP contribution in [-0.4, -0.2) is 32.3 Å². The quantitative estimate of drug-likeness (QED) is 0.898. The van der Waals surface area contributed by atoms with Gasteiger partial charge in [0.2, 0.25) is 0 Å². The van der Waals surface area contributed by atoms with Crippen LogP contribution < -0.4 is 15.0 Å². The molecule has 2 fully saturated rings. The Balaban J connectivity index is 1.83. The molecular formula is C17H25ClN2O. The number of rotatable bonds is 2. The van der Waals surface area contributed by atoms with Gasteiger partial charge in [0.15, 0.2) is 0 Å². The summed E-state index contributed by atoms with van der Waals surface area (Å²) >= 11 is 6.15. The van der Waals surface area contributed by atoms with E-state index in [2.05, 4.69) is 22.3 Å². The Labute approximate surface area is 132 Å². The highest BCUT2D eigenvalue weighted by molar-refractivity contribution is 6.32. The summed E-state index contributed by atoms with van der Waals surface area (Å²) in [6, 6.07) is 6.14. The largest absolute Gasteiger partial charge is 0.495 e. The number of benzene rings is 1. The van der Waals surface area contributed by atoms with Gasteiger partial charge in [0, 0.05) is 30.4 Å². The van der Waals surface area contributed by atoms with E-state index in [4.69, 9.17) is 16.3 Å². The second-order valence-electron chi connectivity index (χ2n) is 6.36. The summed E-state index contributed by atoms with van der Waals surface area (Å²) < 4.78 is 5.37. The lowest BCUT2D eigenvalue weighted by Crippen LogP contribution is -2.52. The maximum absolute atomic E-state index is 6.15. The van der Waals surface area contributed by atoms with Gasteiger partial charge < -0.3 is 15.0 Å². The molecule has 116 valence electrons. The lowest BCUT2D eigenvalue weighted by Gasteiger charge is -2.40. The summed E-state index contributed by atoms with van der Waals surface area (Å²) in [6.07, 6.45) is 7.88. The molecule has 1 aromatic carbocycles. The van der Waals surface area contributed by atoms with E-state index < -0.39 is 0 Å². The first kappa shape index (κ1) is 15.0. The van der Waals surface area contributed by atoms with Crippen LogP contribution in [0.1, 0.15) is 38.5 Å². The molecule has 1 saturated carbocycles. The van der Waals surface area contributed by atoms with Gasteiger partial charge in [0.25, 0.3) is 0 Å². The number of nitrogens with zero attached hydrogens (tertiary/aromatic N) is 1. The number of anilines is 1. The lowest BCUT2D eigenvalue weighted by molar-refractivity contribution is 0.246. The van der Waals surface area contributed by atoms with E-state index in [0.29, 0.717) is 10.6 Å². The standard InChI is InChI=1S/C17H25ClN2O/c1-21-16-12-14(6-7-15(16)18)20-11-5-10-19-17(13-20)8-3-2-4-9-17/h6-7,12,19H,2-5,8-11,13H2,1H3. The summed E-state index contributed by atoms with van der Waals surface area (Å²) in [5.41, 5.74) is 1.53. The van der Waals surface area contributed by atoms with E-state index in [1.165, 1.54) is 44.2 Å². The SMILES string of the molecule is COc1cc(N2CCCNC3(CCCCC3)C2)ccc1Cl. The minimum absolute atomic E-state index is 0.307. The van der Waals surface area contributed by atoms with Crippen LogP contribution in [0, 0.1) is 0 Å². The molecular weight excluding hydrogens is 284 g/mol. The Kier molecular flexibility index (Phi) is 4.60. The van der Waals surface area contributed by atoms with Crippen molar-refractivity contribution in [3.8, 4) is 5.75 Å². The van der Waals surface area contributed by atoms with Crippen LogP contribution in [0.2, 0.25) is 5.02 Å². The van der Waals surface area contributed by atoms with Crippen LogP contribution >= 0.6 is 11.6 Å². The van der Waals surface area contributed by atoms with E-state index in [1.807, 2.05) is 6.07 Å². The zero-order valence-electron chi connectivity index (χ0n) is 12.8. The van der Waals surface area contributed by atoms with Crippen molar-refractivity contribution in [3.05, 3.63) is 23.2 Å². The minimum atomic E-state index is 0.307. The second-order valence-corrected chi connectivity index (χ2v) is 6.77. The molecule has 21 heavy (non-hydrogen) atoms. The number of hydrogen-bond acceptors (Lipinski definition) is 3. The first-order valence-corrected chi connectivity index (χ1v) is 8.44. The Morgan fingerprint density at radius 2 is 2.00 bits per heavy atom. The Hall–Kier alpha value is -0.930. The van der Waals surface area contributed by atoms with Crippen molar-refractivity contribution < 1.29 is 4.74 Å². The molecule has 1 heterocycles. The van der Waals surface area contributed by atoms with Gasteiger partial charge in [-0.05, 0) is 37.9 Å². The molecule has 2 aliphatic rings. The first-order chi connectivity index (χ1) is 10.2. The van der Waals surface area contributed by atoms with Crippen molar-refractivity contribution in [2.24, 2.45) is 0 Å². The molecule has 0 bridgehead atoms. The van der Waals surface area contributed by atoms with Gasteiger partial charge in [-0.25, -0.2) is 0 Å². The first-order valence-electron chi connectivity index (χ1n) is 8.06. The van der Waals surface area contributed by atoms with Crippen LogP contribution in [0.25, 0.3) is 0 Å². The molecule has 3 rings (SSSR count). The molecule has 0 atom stereocenters. The second kappa shape index (κ2) is 6.45. The van der Waals surface area contributed by atoms with E-state index in [9.17, 15) is 0 Å². The highest BCUT2D eigenvalue weighted by atomic mass is 35.5. The van der Waals surface area contributed by atoms with Crippen LogP contribution in [0.15, 0.2) is 18.2 Å². The summed E-state index contributed by atoms with van der Waals surface area (Å²) in [5.74, 6) is 0.768. The molecule has 1 aliphatic heterocycles. The molecule has 0 radical (unpaired) electrons. The molecule has 4 heteroatoms. The maximum atomic E-state index is 6.15. The molecule has 0 aromatic heterocycles. The monoisotopic (exact) mass is 308 g/mol. The predicted octanol–water partition coefficient (Wildman–Crippen LogP) is 3.85. The summed E-state index contributed by atoms with van der Waals surface area (Å²) in [6.45, 7) is 3.32. The van der Waals surface area contributed by atoms with Crippen molar-refractivity contribution in [2.75, 3.05) is 31.6 Å². The average Bonchev–Trinajstić information content (AvgIpc) is 2.71. The van der Waals surface area contributed by atoms with Crippen LogP contribution in [0.4, 0.5) is 5.69 Å². The van der Waals surface area contributed by atoms with Gasteiger partial charge in [-0.1, -0.05) is 30.9 Å². The number of halogens is 1. The van der Waals surface area contributed by atoms with E-state index >= 15 is 0 Å². The van der Waals surface area contributed by atoms with E-state index in [1.54, 1.807) is 7.11 Å². The van der Waals surface area contributed by atoms with Crippen molar-refractivity contribution in [1.82, 2.24) is 5.32 Å². The van der Waals surface area contributed by atoms with Crippen LogP contribution in [0.5, 0.6) is 5.75 Å². The zero-order chi connectivity index (χ0) is 14.7. The number of methoxy groups -OCH3 is 1. The van der Waals surface area contributed by atoms with Gasteiger partial charge in [-0.2, -0.15) is 0 Å². The Morgan fingerprint density at radius 3 is 2.76 bits per heavy atom. The molecule has 1 N–H and O–H groups in total. The summed E-state index contributed by atoms with van der Waals surface area (Å²) in [7, 11) is 1.68. The van der Waals surface area contributed by atoms with Crippen molar-refractivity contribution >= 4 is 17.3 Å². The fourth-order valence-electron chi connectivity index (χ4n) is 3.75. The molecule has 0 unspecified atom stereocenters. The van der Waals surface area contributed by atoms with Gasteiger partial charge in [0.05, 0.1) is 12.1 Å². The van der Waals surface area contributed by atoms with Crippen LogP contribution in [-0.2, 0) is 0 Å². The lowest BCUT2D eigenvalue weighted by atomic mass is 9.81. The average molecular weight is 309 g/mol. The fraction of sp³-hybridized carbons (Fsp3) is 0.647. The number of ether oxygens (including phenoxy) is 1. The van der Waals surface area contributed by atoms with Crippen LogP contribution in [0.3, 0.4) is 0 Å². The maximum Gasteiger partial charge on any atom is 0.139 e. The molecule has 1 aromatic rings. The van der Waals surface area contributed by atoms with Crippen molar-refractivity contribution in [1.29, 1.82) is 0 Å². The van der Waals surface area contributed by atoms with E-state index in [0.717, 1.165) is 25.4 Å². The third kappa shape index (κ3) is 3.29. The molecule has 1 spiro atoms. The predicted molar refractivity (Wildman–Crippen MR) is 88.7 cm³/mol. The normalized spacial score (nSPS) is 22.1. The Bertz CT molecular complexity index is 486. The highest BCUT2D eigenvalue weighted by Gasteiger charge is 2.35. The van der Waals surface area contributed by atoms with Crippen molar-refractivity contribution in [3.63, 3.8) is 0 Å². The summed E-state index contributed by atoms with van der Waals surface area (Å²) in [5, 5.41) is 4.52. The van der Waals surface area contributed by atoms with Crippen molar-refractivity contribution in [2.45, 2.75) is 44.1 Å². The number of hydrogen-bond donors (Lipinski definition) is 1. The molecule has 0 amide bonds. The third-order valence-electron chi connectivity index (χ3n) is 4.91. The molecule has 1 aliphatic carbocycles. The summed E-state index contributed by atoms with van der Waals surface area (Å²) in [4.78, 5) is 2.50. The molecule has 1 saturated heterocycles. The highest BCUT2D eigenvalue weighted by Crippen LogP contribution is 2.34. The minimum Gasteiger partial charge on any atom is -0.495 e.